The summed E-state index contributed by atoms with van der Waals surface area (Å²) >= 11 is 0. The van der Waals surface area contributed by atoms with Crippen LogP contribution in [0.4, 0.5) is 0 Å². The molecule has 0 nitrogen and oxygen atoms in total. The second-order valence-corrected chi connectivity index (χ2v) is 0. The monoisotopic (exact) mass is 222 g/mol. The van der Waals surface area contributed by atoms with Crippen molar-refractivity contribution in [2.24, 2.45) is 0 Å². The molecule has 34 valence electrons. The largest absolute Gasteiger partial charge is 2.00 e. The van der Waals surface area contributed by atoms with Gasteiger partial charge in [-0.15, -0.1) is 0 Å². The fourth-order valence-corrected chi connectivity index (χ4v) is 0. The maximum absolute atomic E-state index is 5.25. The van der Waals surface area contributed by atoms with Crippen LogP contribution in [0.25, 0.3) is 0 Å². The van der Waals surface area contributed by atoms with Gasteiger partial charge in [-0.1, -0.05) is 0 Å². The molecule has 0 aliphatic carbocycles. The zero-order valence-electron chi connectivity index (χ0n) is 3.63. The van der Waals surface area contributed by atoms with E-state index in [1.54, 1.807) is 0 Å². The van der Waals surface area contributed by atoms with Gasteiger partial charge in [-0.3, -0.25) is 0 Å². The molecule has 0 aromatic heterocycles. The molecule has 0 saturated heterocycles. The van der Waals surface area contributed by atoms with E-state index in [1.807, 2.05) is 0 Å². The molecule has 0 N–H and O–H groups in total. The Balaban J connectivity index is -0.000000000500. The smallest absolute Gasteiger partial charge is 1.00 e. The number of rotatable bonds is 0. The number of hydrogen-bond acceptors (Lipinski definition) is 0. The fraction of sp³-hybridized carbons (Fsp3) is 0. The van der Waals surface area contributed by atoms with Crippen molar-refractivity contribution in [2.45, 2.75) is 0 Å². The van der Waals surface area contributed by atoms with E-state index < -0.39 is 0 Å². The molecular weight excluding hydrogens is 223 g/mol. The third-order valence-electron chi connectivity index (χ3n) is 0. The molecule has 0 aromatic rings. The Morgan fingerprint density at radius 1 is 0.857 bits per heavy atom. The molecule has 0 bridgehead atoms. The summed E-state index contributed by atoms with van der Waals surface area (Å²) < 4.78 is 0. The van der Waals surface area contributed by atoms with E-state index in [4.69, 9.17) is 6.42 Å². The molecule has 0 fully saturated rings. The van der Waals surface area contributed by atoms with Crippen LogP contribution in [0.3, 0.4) is 0 Å². The van der Waals surface area contributed by atoms with Crippen LogP contribution in [0.1, 0.15) is 0 Å². The van der Waals surface area contributed by atoms with Crippen molar-refractivity contribution < 1.29 is 41.8 Å². The van der Waals surface area contributed by atoms with Gasteiger partial charge in [-0.2, -0.15) is 0 Å². The van der Waals surface area contributed by atoms with Gasteiger partial charge in [-0.05, 0) is 0 Å². The molecule has 0 heterocycles. The summed E-state index contributed by atoms with van der Waals surface area (Å²) in [6.45, 7) is 0. The van der Waals surface area contributed by atoms with Gasteiger partial charge in [0.05, 0.1) is 0 Å². The first-order valence-corrected chi connectivity index (χ1v) is 0.289. The van der Waals surface area contributed by atoms with Crippen LogP contribution in [0.2, 0.25) is 0 Å². The van der Waals surface area contributed by atoms with E-state index in [0.29, 0.717) is 0 Å². The van der Waals surface area contributed by atoms with E-state index in [-0.39, 0.29) is 87.9 Å². The molecule has 0 saturated carbocycles. The summed E-state index contributed by atoms with van der Waals surface area (Å²) in [5.41, 5.74) is 0. The van der Waals surface area contributed by atoms with Gasteiger partial charge in [0.1, 0.15) is 0 Å². The van der Waals surface area contributed by atoms with Crippen LogP contribution < -0.4 is 41.8 Å². The SMILES string of the molecule is [Br-].[C-]#C.[Cl-].[Cl-].[Mg+2].[Mg+2]. The van der Waals surface area contributed by atoms with Gasteiger partial charge >= 0.3 is 46.1 Å². The zero-order chi connectivity index (χ0) is 2.00. The molecule has 0 unspecified atom stereocenters. The van der Waals surface area contributed by atoms with E-state index in [2.05, 4.69) is 6.42 Å². The van der Waals surface area contributed by atoms with Crippen LogP contribution in [-0.2, 0) is 0 Å². The Bertz CT molecular complexity index is 18.4. The van der Waals surface area contributed by atoms with Crippen molar-refractivity contribution >= 4 is 46.1 Å². The Morgan fingerprint density at radius 3 is 0.857 bits per heavy atom. The Kier molecular flexibility index (Phi) is 787. The van der Waals surface area contributed by atoms with E-state index in [1.165, 1.54) is 0 Å². The minimum absolute atomic E-state index is 0. The van der Waals surface area contributed by atoms with Gasteiger partial charge in [0.15, 0.2) is 0 Å². The first-order valence-electron chi connectivity index (χ1n) is 0.289. The predicted molar refractivity (Wildman–Crippen MR) is 19.7 cm³/mol. The Labute approximate surface area is 99.5 Å². The molecule has 0 aliphatic heterocycles. The topological polar surface area (TPSA) is 0 Å². The summed E-state index contributed by atoms with van der Waals surface area (Å²) in [7, 11) is 0. The summed E-state index contributed by atoms with van der Waals surface area (Å²) in [5, 5.41) is 0. The molecule has 5 heteroatoms. The third kappa shape index (κ3) is 66.6. The average Bonchev–Trinajstić information content (AvgIpc) is 1.00. The summed E-state index contributed by atoms with van der Waals surface area (Å²) in [6, 6.07) is 0. The molecular formula is C2HBrCl2Mg2. The van der Waals surface area contributed by atoms with Crippen molar-refractivity contribution in [1.82, 2.24) is 0 Å². The minimum Gasteiger partial charge on any atom is -1.00 e. The van der Waals surface area contributed by atoms with Crippen LogP contribution in [0.15, 0.2) is 0 Å². The van der Waals surface area contributed by atoms with Gasteiger partial charge < -0.3 is 54.6 Å². The second kappa shape index (κ2) is 90.0. The second-order valence-electron chi connectivity index (χ2n) is 0. The maximum atomic E-state index is 5.25. The van der Waals surface area contributed by atoms with Gasteiger partial charge in [0.25, 0.3) is 0 Å². The van der Waals surface area contributed by atoms with Crippen molar-refractivity contribution in [3.63, 3.8) is 0 Å². The average molecular weight is 224 g/mol. The van der Waals surface area contributed by atoms with Crippen LogP contribution >= 0.6 is 0 Å². The quantitative estimate of drug-likeness (QED) is 0.218. The third-order valence-corrected chi connectivity index (χ3v) is 0. The van der Waals surface area contributed by atoms with Gasteiger partial charge in [0.2, 0.25) is 0 Å². The van der Waals surface area contributed by atoms with Crippen LogP contribution in [-0.4, -0.2) is 46.1 Å². The normalized spacial score (nSPS) is 0.286. The summed E-state index contributed by atoms with van der Waals surface area (Å²) in [4.78, 5) is 0. The molecule has 0 amide bonds. The van der Waals surface area contributed by atoms with Crippen molar-refractivity contribution in [2.75, 3.05) is 0 Å². The Morgan fingerprint density at radius 2 is 0.857 bits per heavy atom. The minimum atomic E-state index is 0. The molecule has 7 heavy (non-hydrogen) atoms. The first kappa shape index (κ1) is 61.2. The van der Waals surface area contributed by atoms with Crippen molar-refractivity contribution in [3.8, 4) is 6.42 Å². The van der Waals surface area contributed by atoms with Crippen molar-refractivity contribution in [3.05, 3.63) is 6.42 Å². The van der Waals surface area contributed by atoms with E-state index in [0.717, 1.165) is 0 Å². The first-order chi connectivity index (χ1) is 1.00. The molecule has 0 aromatic carbocycles. The Hall–Kier alpha value is 2.15. The number of halogens is 3. The molecule has 0 atom stereocenters. The van der Waals surface area contributed by atoms with Gasteiger partial charge in [0, 0.05) is 0 Å². The molecule has 0 spiro atoms. The van der Waals surface area contributed by atoms with Crippen LogP contribution in [0, 0.1) is 12.8 Å². The standard InChI is InChI=1S/C2H.BrH.2ClH.2Mg/c1-2;;;;;/h1H;3*1H;;/q-1;;;;2*+2/p-3. The van der Waals surface area contributed by atoms with E-state index in [9.17, 15) is 0 Å². The molecule has 0 aliphatic rings. The molecule has 0 rings (SSSR count). The summed E-state index contributed by atoms with van der Waals surface area (Å²) in [6.07, 6.45) is 9.00. The van der Waals surface area contributed by atoms with Gasteiger partial charge in [-0.25, -0.2) is 0 Å². The van der Waals surface area contributed by atoms with Crippen molar-refractivity contribution in [1.29, 1.82) is 0 Å². The van der Waals surface area contributed by atoms with E-state index >= 15 is 0 Å². The molecule has 0 radical (unpaired) electrons. The van der Waals surface area contributed by atoms with Crippen LogP contribution in [0.5, 0.6) is 0 Å². The number of hydrogen-bond donors (Lipinski definition) is 0. The predicted octanol–water partition coefficient (Wildman–Crippen LogP) is -9.54. The zero-order valence-corrected chi connectivity index (χ0v) is 9.55. The maximum Gasteiger partial charge on any atom is 2.00 e. The number of terminal acetylenes is 1. The fourth-order valence-electron chi connectivity index (χ4n) is 0. The summed E-state index contributed by atoms with van der Waals surface area (Å²) in [5.74, 6) is 0.